The van der Waals surface area contributed by atoms with Gasteiger partial charge in [0.05, 0.1) is 5.71 Å². The van der Waals surface area contributed by atoms with Gasteiger partial charge in [-0.3, -0.25) is 9.59 Å². The third kappa shape index (κ3) is 2.94. The number of hydrogen-bond donors (Lipinski definition) is 1. The highest BCUT2D eigenvalue weighted by Crippen LogP contribution is 2.65. The number of nitrogens with one attached hydrogen (secondary N) is 1. The monoisotopic (exact) mass is 414 g/mol. The summed E-state index contributed by atoms with van der Waals surface area (Å²) < 4.78 is 0. The van der Waals surface area contributed by atoms with Crippen molar-refractivity contribution < 1.29 is 14.4 Å². The molecular formula is C25H38N2O3. The van der Waals surface area contributed by atoms with Crippen molar-refractivity contribution in [3.05, 3.63) is 0 Å². The number of carbonyl (C=O) groups is 2. The fraction of sp³-hybridized carbons (Fsp3) is 0.880. The van der Waals surface area contributed by atoms with E-state index in [1.165, 1.54) is 0 Å². The first-order valence-electron chi connectivity index (χ1n) is 12.4. The van der Waals surface area contributed by atoms with Gasteiger partial charge in [-0.05, 0) is 68.2 Å². The van der Waals surface area contributed by atoms with Crippen LogP contribution in [0.5, 0.6) is 0 Å². The quantitative estimate of drug-likeness (QED) is 0.705. The minimum Gasteiger partial charge on any atom is -0.391 e. The summed E-state index contributed by atoms with van der Waals surface area (Å²) in [6.07, 6.45) is 8.64. The molecule has 0 aromatic heterocycles. The molecule has 8 atom stereocenters. The van der Waals surface area contributed by atoms with Gasteiger partial charge in [-0.2, -0.15) is 0 Å². The molecule has 5 heteroatoms. The molecule has 4 saturated carbocycles. The van der Waals surface area contributed by atoms with E-state index in [2.05, 4.69) is 31.2 Å². The van der Waals surface area contributed by atoms with Gasteiger partial charge in [0.25, 0.3) is 0 Å². The molecule has 5 rings (SSSR count). The molecule has 5 nitrogen and oxygen atoms in total. The number of nitrogens with zero attached hydrogens (tertiary/aromatic N) is 1. The van der Waals surface area contributed by atoms with Gasteiger partial charge in [0, 0.05) is 43.1 Å². The van der Waals surface area contributed by atoms with Crippen LogP contribution in [-0.4, -0.2) is 36.5 Å². The molecule has 1 N–H and O–H groups in total. The lowest BCUT2D eigenvalue weighted by atomic mass is 9.43. The molecule has 4 aliphatic carbocycles. The van der Waals surface area contributed by atoms with Gasteiger partial charge in [0.1, 0.15) is 17.7 Å². The van der Waals surface area contributed by atoms with Crippen molar-refractivity contribution in [2.24, 2.45) is 45.6 Å². The summed E-state index contributed by atoms with van der Waals surface area (Å²) in [6.45, 7) is 8.66. The van der Waals surface area contributed by atoms with Crippen molar-refractivity contribution in [1.29, 1.82) is 0 Å². The van der Waals surface area contributed by atoms with Crippen molar-refractivity contribution in [2.45, 2.75) is 84.7 Å². The Hall–Kier alpha value is -1.23. The van der Waals surface area contributed by atoms with Crippen molar-refractivity contribution in [1.82, 2.24) is 5.32 Å². The third-order valence-electron chi connectivity index (χ3n) is 10.0. The van der Waals surface area contributed by atoms with Gasteiger partial charge in [-0.25, -0.2) is 0 Å². The first kappa shape index (κ1) is 20.7. The zero-order chi connectivity index (χ0) is 21.1. The van der Waals surface area contributed by atoms with E-state index < -0.39 is 0 Å². The molecule has 0 aromatic rings. The normalized spacial score (nSPS) is 49.6. The molecule has 1 heterocycles. The molecule has 0 spiro atoms. The van der Waals surface area contributed by atoms with E-state index in [9.17, 15) is 9.59 Å². The largest absolute Gasteiger partial charge is 0.391 e. The zero-order valence-electron chi connectivity index (χ0n) is 18.9. The number of oxime groups is 1. The van der Waals surface area contributed by atoms with Crippen molar-refractivity contribution >= 4 is 17.3 Å². The number of fused-ring (bicyclic) bond motifs is 5. The SMILES string of the molecule is CC[C@H]1/C(=N/O[C@@H]2CCNC2)CC[C@@]2(C)C1C(=O)C[C@@H]1[C@@H]2CC[C@]2(C)C(=O)CC[C@@H]12. The molecule has 1 aliphatic heterocycles. The van der Waals surface area contributed by atoms with Crippen LogP contribution in [0.4, 0.5) is 0 Å². The van der Waals surface area contributed by atoms with Crippen molar-refractivity contribution in [2.75, 3.05) is 13.1 Å². The Balaban J connectivity index is 1.41. The second kappa shape index (κ2) is 7.43. The van der Waals surface area contributed by atoms with E-state index in [4.69, 9.17) is 4.84 Å². The highest BCUT2D eigenvalue weighted by Gasteiger charge is 2.63. The second-order valence-corrected chi connectivity index (χ2v) is 11.3. The molecule has 5 fully saturated rings. The Bertz CT molecular complexity index is 757. The van der Waals surface area contributed by atoms with E-state index >= 15 is 0 Å². The number of ketones is 2. The second-order valence-electron chi connectivity index (χ2n) is 11.3. The van der Waals surface area contributed by atoms with Gasteiger partial charge in [-0.15, -0.1) is 0 Å². The van der Waals surface area contributed by atoms with Crippen molar-refractivity contribution in [3.63, 3.8) is 0 Å². The molecule has 0 amide bonds. The minimum atomic E-state index is -0.167. The van der Waals surface area contributed by atoms with Crippen LogP contribution in [0, 0.1) is 40.4 Å². The molecule has 5 aliphatic rings. The minimum absolute atomic E-state index is 0.0432. The van der Waals surface area contributed by atoms with E-state index in [1.54, 1.807) is 0 Å². The summed E-state index contributed by atoms with van der Waals surface area (Å²) in [4.78, 5) is 32.2. The van der Waals surface area contributed by atoms with Crippen LogP contribution < -0.4 is 5.32 Å². The average Bonchev–Trinajstić information content (AvgIpc) is 3.34. The Morgan fingerprint density at radius 1 is 1.10 bits per heavy atom. The Labute approximate surface area is 180 Å². The first-order chi connectivity index (χ1) is 14.4. The highest BCUT2D eigenvalue weighted by atomic mass is 16.6. The lowest BCUT2D eigenvalue weighted by Gasteiger charge is -2.60. The average molecular weight is 415 g/mol. The summed E-state index contributed by atoms with van der Waals surface area (Å²) in [5.41, 5.74) is 0.997. The van der Waals surface area contributed by atoms with Gasteiger partial charge in [0.15, 0.2) is 0 Å². The standard InChI is InChI=1S/C25H38N2O3/c1-4-16-20(27-30-15-9-12-26-14-15)8-11-25(3)19-7-10-24(2)18(5-6-22(24)29)17(19)13-21(28)23(16)25/h15-19,23,26H,4-14H2,1-3H3/b27-20+/t15-,16+,17+,18+,19+,23?,24+,25-/m1/s1. The summed E-state index contributed by atoms with van der Waals surface area (Å²) in [5, 5.41) is 7.96. The van der Waals surface area contributed by atoms with Crippen LogP contribution in [0.2, 0.25) is 0 Å². The molecule has 30 heavy (non-hydrogen) atoms. The maximum Gasteiger partial charge on any atom is 0.141 e. The number of Topliss-reactive ketones (excluding diaryl/α,β-unsaturated/α-hetero) is 2. The fourth-order valence-electron chi connectivity index (χ4n) is 8.36. The highest BCUT2D eigenvalue weighted by molar-refractivity contribution is 5.95. The first-order valence-corrected chi connectivity index (χ1v) is 12.4. The molecular weight excluding hydrogens is 376 g/mol. The smallest absolute Gasteiger partial charge is 0.141 e. The predicted octanol–water partition coefficient (Wildman–Crippen LogP) is 4.15. The lowest BCUT2D eigenvalue weighted by Crippen LogP contribution is -2.59. The van der Waals surface area contributed by atoms with Gasteiger partial charge >= 0.3 is 0 Å². The summed E-state index contributed by atoms with van der Waals surface area (Å²) in [7, 11) is 0. The lowest BCUT2D eigenvalue weighted by molar-refractivity contribution is -0.156. The van der Waals surface area contributed by atoms with Crippen LogP contribution >= 0.6 is 0 Å². The van der Waals surface area contributed by atoms with E-state index in [-0.39, 0.29) is 28.8 Å². The van der Waals surface area contributed by atoms with Gasteiger partial charge < -0.3 is 10.2 Å². The number of rotatable bonds is 3. The topological polar surface area (TPSA) is 67.8 Å². The third-order valence-corrected chi connectivity index (χ3v) is 10.0. The van der Waals surface area contributed by atoms with Crippen LogP contribution in [0.1, 0.15) is 78.6 Å². The van der Waals surface area contributed by atoms with E-state index in [0.717, 1.165) is 70.2 Å². The molecule has 1 unspecified atom stereocenters. The van der Waals surface area contributed by atoms with Crippen molar-refractivity contribution in [3.8, 4) is 0 Å². The molecule has 0 bridgehead atoms. The Morgan fingerprint density at radius 2 is 1.93 bits per heavy atom. The van der Waals surface area contributed by atoms with Gasteiger partial charge in [0.2, 0.25) is 0 Å². The fourth-order valence-corrected chi connectivity index (χ4v) is 8.36. The van der Waals surface area contributed by atoms with Crippen LogP contribution in [-0.2, 0) is 14.4 Å². The summed E-state index contributed by atoms with van der Waals surface area (Å²) >= 11 is 0. The number of carbonyl (C=O) groups excluding carboxylic acids is 2. The van der Waals surface area contributed by atoms with Gasteiger partial charge in [-0.1, -0.05) is 25.9 Å². The Morgan fingerprint density at radius 3 is 2.67 bits per heavy atom. The van der Waals surface area contributed by atoms with Crippen LogP contribution in [0.25, 0.3) is 0 Å². The molecule has 0 aromatic carbocycles. The van der Waals surface area contributed by atoms with Crippen LogP contribution in [0.15, 0.2) is 5.16 Å². The summed E-state index contributed by atoms with van der Waals surface area (Å²) in [6, 6.07) is 0. The zero-order valence-corrected chi connectivity index (χ0v) is 18.9. The maximum atomic E-state index is 13.6. The molecule has 166 valence electrons. The van der Waals surface area contributed by atoms with E-state index in [1.807, 2.05) is 0 Å². The maximum absolute atomic E-state index is 13.6. The number of hydrogen-bond acceptors (Lipinski definition) is 5. The molecule has 1 saturated heterocycles. The summed E-state index contributed by atoms with van der Waals surface area (Å²) in [5.74, 6) is 2.56. The predicted molar refractivity (Wildman–Crippen MR) is 116 cm³/mol. The van der Waals surface area contributed by atoms with Crippen LogP contribution in [0.3, 0.4) is 0 Å². The molecule has 0 radical (unpaired) electrons. The Kier molecular flexibility index (Phi) is 5.11. The van der Waals surface area contributed by atoms with E-state index in [0.29, 0.717) is 35.7 Å².